The third-order valence-electron chi connectivity index (χ3n) is 5.01. The van der Waals surface area contributed by atoms with E-state index in [4.69, 9.17) is 11.6 Å². The molecule has 4 rings (SSSR count). The van der Waals surface area contributed by atoms with Crippen molar-refractivity contribution in [3.8, 4) is 0 Å². The smallest absolute Gasteiger partial charge is 0.244 e. The van der Waals surface area contributed by atoms with E-state index in [0.717, 1.165) is 18.4 Å². The predicted octanol–water partition coefficient (Wildman–Crippen LogP) is 3.10. The van der Waals surface area contributed by atoms with E-state index < -0.39 is 10.0 Å². The van der Waals surface area contributed by atoms with Crippen LogP contribution in [0.1, 0.15) is 24.1 Å². The average molecular weight is 445 g/mol. The number of benzene rings is 1. The molecule has 3 heterocycles. The first-order chi connectivity index (χ1) is 14.4. The number of sulfonamides is 1. The summed E-state index contributed by atoms with van der Waals surface area (Å²) in [4.78, 5) is 16.7. The highest BCUT2D eigenvalue weighted by atomic mass is 35.5. The van der Waals surface area contributed by atoms with Gasteiger partial charge < -0.3 is 5.32 Å². The van der Waals surface area contributed by atoms with E-state index in [-0.39, 0.29) is 17.3 Å². The van der Waals surface area contributed by atoms with Gasteiger partial charge in [0, 0.05) is 31.9 Å². The largest absolute Gasteiger partial charge is 0.348 e. The minimum absolute atomic E-state index is 0.279. The summed E-state index contributed by atoms with van der Waals surface area (Å²) in [5.41, 5.74) is 2.13. The van der Waals surface area contributed by atoms with Gasteiger partial charge in [-0.05, 0) is 48.7 Å². The second kappa shape index (κ2) is 8.59. The lowest BCUT2D eigenvalue weighted by Gasteiger charge is -2.15. The summed E-state index contributed by atoms with van der Waals surface area (Å²) in [7, 11) is -3.43. The molecule has 0 bridgehead atoms. The number of halogens is 1. The number of fused-ring (bicyclic) bond motifs is 1. The molecule has 0 atom stereocenters. The first-order valence-corrected chi connectivity index (χ1v) is 11.4. The maximum Gasteiger partial charge on any atom is 0.244 e. The fourth-order valence-corrected chi connectivity index (χ4v) is 5.15. The van der Waals surface area contributed by atoms with Crippen LogP contribution in [-0.4, -0.2) is 41.1 Å². The van der Waals surface area contributed by atoms with Gasteiger partial charge in [-0.25, -0.2) is 13.4 Å². The van der Waals surface area contributed by atoms with Crippen LogP contribution in [0.25, 0.3) is 11.7 Å². The number of aromatic nitrogens is 2. The number of nitrogens with one attached hydrogen (secondary N) is 1. The molecule has 156 valence electrons. The Morgan fingerprint density at radius 1 is 1.13 bits per heavy atom. The Labute approximate surface area is 180 Å². The minimum atomic E-state index is -3.43. The van der Waals surface area contributed by atoms with Crippen LogP contribution in [0.15, 0.2) is 59.6 Å². The second-order valence-electron chi connectivity index (χ2n) is 7.02. The number of hydrogen-bond donors (Lipinski definition) is 1. The summed E-state index contributed by atoms with van der Waals surface area (Å²) in [6.07, 6.45) is 6.63. The molecule has 1 amide bonds. The molecule has 0 radical (unpaired) electrons. The van der Waals surface area contributed by atoms with Gasteiger partial charge in [0.05, 0.1) is 10.6 Å². The highest BCUT2D eigenvalue weighted by Gasteiger charge is 2.26. The first-order valence-electron chi connectivity index (χ1n) is 9.63. The van der Waals surface area contributed by atoms with Crippen LogP contribution < -0.4 is 5.32 Å². The van der Waals surface area contributed by atoms with Gasteiger partial charge in [-0.2, -0.15) is 4.31 Å². The highest BCUT2D eigenvalue weighted by Crippen LogP contribution is 2.21. The van der Waals surface area contributed by atoms with Gasteiger partial charge in [-0.1, -0.05) is 29.8 Å². The van der Waals surface area contributed by atoms with Crippen molar-refractivity contribution in [2.45, 2.75) is 24.3 Å². The number of imidazole rings is 1. The van der Waals surface area contributed by atoms with Gasteiger partial charge in [0.15, 0.2) is 5.15 Å². The van der Waals surface area contributed by atoms with Gasteiger partial charge in [0.1, 0.15) is 5.65 Å². The topological polar surface area (TPSA) is 83.8 Å². The molecule has 2 aromatic heterocycles. The molecule has 0 aliphatic carbocycles. The van der Waals surface area contributed by atoms with Gasteiger partial charge in [0.25, 0.3) is 0 Å². The molecule has 30 heavy (non-hydrogen) atoms. The Morgan fingerprint density at radius 3 is 2.60 bits per heavy atom. The van der Waals surface area contributed by atoms with E-state index in [1.165, 1.54) is 10.4 Å². The summed E-state index contributed by atoms with van der Waals surface area (Å²) in [5, 5.41) is 3.10. The molecule has 9 heteroatoms. The van der Waals surface area contributed by atoms with Gasteiger partial charge in [-0.3, -0.25) is 9.20 Å². The Morgan fingerprint density at radius 2 is 1.87 bits per heavy atom. The van der Waals surface area contributed by atoms with Crippen molar-refractivity contribution in [3.05, 3.63) is 71.1 Å². The maximum atomic E-state index is 12.6. The lowest BCUT2D eigenvalue weighted by molar-refractivity contribution is -0.116. The number of amides is 1. The van der Waals surface area contributed by atoms with Crippen LogP contribution in [0.3, 0.4) is 0 Å². The molecule has 1 aromatic carbocycles. The quantitative estimate of drug-likeness (QED) is 0.592. The molecule has 7 nitrogen and oxygen atoms in total. The summed E-state index contributed by atoms with van der Waals surface area (Å²) >= 11 is 6.16. The van der Waals surface area contributed by atoms with E-state index in [1.54, 1.807) is 34.7 Å². The van der Waals surface area contributed by atoms with E-state index in [9.17, 15) is 13.2 Å². The number of carbonyl (C=O) groups is 1. The molecular weight excluding hydrogens is 424 g/mol. The molecular formula is C21H21ClN4O3S. The van der Waals surface area contributed by atoms with Crippen LogP contribution in [0.2, 0.25) is 5.15 Å². The molecule has 1 aliphatic heterocycles. The third kappa shape index (κ3) is 4.26. The van der Waals surface area contributed by atoms with Crippen LogP contribution >= 0.6 is 11.6 Å². The molecule has 3 aromatic rings. The number of rotatable bonds is 6. The molecule has 0 unspecified atom stereocenters. The molecule has 1 aliphatic rings. The average Bonchev–Trinajstić information content (AvgIpc) is 3.39. The summed E-state index contributed by atoms with van der Waals surface area (Å²) in [6, 6.07) is 12.2. The molecule has 1 saturated heterocycles. The normalized spacial score (nSPS) is 15.2. The van der Waals surface area contributed by atoms with Crippen molar-refractivity contribution in [2.24, 2.45) is 0 Å². The molecule has 0 saturated carbocycles. The van der Waals surface area contributed by atoms with Crippen LogP contribution in [0.5, 0.6) is 0 Å². The van der Waals surface area contributed by atoms with E-state index in [0.29, 0.717) is 29.6 Å². The van der Waals surface area contributed by atoms with Gasteiger partial charge in [-0.15, -0.1) is 0 Å². The van der Waals surface area contributed by atoms with Crippen molar-refractivity contribution >= 4 is 39.3 Å². The molecule has 0 spiro atoms. The first kappa shape index (κ1) is 20.6. The van der Waals surface area contributed by atoms with Crippen molar-refractivity contribution < 1.29 is 13.2 Å². The second-order valence-corrected chi connectivity index (χ2v) is 9.32. The third-order valence-corrected chi connectivity index (χ3v) is 7.20. The van der Waals surface area contributed by atoms with E-state index in [2.05, 4.69) is 10.3 Å². The van der Waals surface area contributed by atoms with Crippen molar-refractivity contribution in [1.29, 1.82) is 0 Å². The minimum Gasteiger partial charge on any atom is -0.348 e. The SMILES string of the molecule is O=C(C=Cc1c(Cl)nc2ccccn12)NCc1ccc(S(=O)(=O)N2CCCC2)cc1. The van der Waals surface area contributed by atoms with E-state index in [1.807, 2.05) is 24.4 Å². The fourth-order valence-electron chi connectivity index (χ4n) is 3.39. The summed E-state index contributed by atoms with van der Waals surface area (Å²) < 4.78 is 28.4. The van der Waals surface area contributed by atoms with Crippen molar-refractivity contribution in [1.82, 2.24) is 19.0 Å². The van der Waals surface area contributed by atoms with Gasteiger partial charge >= 0.3 is 0 Å². The zero-order valence-corrected chi connectivity index (χ0v) is 17.7. The van der Waals surface area contributed by atoms with Crippen molar-refractivity contribution in [2.75, 3.05) is 13.1 Å². The van der Waals surface area contributed by atoms with Gasteiger partial charge in [0.2, 0.25) is 15.9 Å². The Balaban J connectivity index is 1.38. The van der Waals surface area contributed by atoms with E-state index >= 15 is 0 Å². The Bertz CT molecular complexity index is 1200. The fraction of sp³-hybridized carbons (Fsp3) is 0.238. The monoisotopic (exact) mass is 444 g/mol. The number of nitrogens with zero attached hydrogens (tertiary/aromatic N) is 3. The number of hydrogen-bond acceptors (Lipinski definition) is 4. The van der Waals surface area contributed by atoms with Crippen LogP contribution in [-0.2, 0) is 21.4 Å². The molecule has 1 fully saturated rings. The standard InChI is InChI=1S/C21H21ClN4O3S/c22-21-18(26-14-2-1-5-19(26)24-21)10-11-20(27)23-15-16-6-8-17(9-7-16)30(28,29)25-12-3-4-13-25/h1-2,5-11,14H,3-4,12-13,15H2,(H,23,27). The predicted molar refractivity (Wildman–Crippen MR) is 116 cm³/mol. The molecule has 1 N–H and O–H groups in total. The summed E-state index contributed by atoms with van der Waals surface area (Å²) in [5.74, 6) is -0.286. The number of carbonyl (C=O) groups excluding carboxylic acids is 1. The Hall–Kier alpha value is -2.68. The lowest BCUT2D eigenvalue weighted by atomic mass is 10.2. The van der Waals surface area contributed by atoms with Crippen LogP contribution in [0, 0.1) is 0 Å². The lowest BCUT2D eigenvalue weighted by Crippen LogP contribution is -2.27. The maximum absolute atomic E-state index is 12.6. The van der Waals surface area contributed by atoms with Crippen LogP contribution in [0.4, 0.5) is 0 Å². The zero-order chi connectivity index (χ0) is 21.1. The Kier molecular flexibility index (Phi) is 5.90. The van der Waals surface area contributed by atoms with Crippen molar-refractivity contribution in [3.63, 3.8) is 0 Å². The highest BCUT2D eigenvalue weighted by molar-refractivity contribution is 7.89. The summed E-state index contributed by atoms with van der Waals surface area (Å²) in [6.45, 7) is 1.43. The zero-order valence-electron chi connectivity index (χ0n) is 16.2. The number of pyridine rings is 1.